The van der Waals surface area contributed by atoms with Crippen molar-refractivity contribution < 1.29 is 14.3 Å². The lowest BCUT2D eigenvalue weighted by Crippen LogP contribution is -2.36. The molecule has 2 heterocycles. The molecule has 1 saturated heterocycles. The van der Waals surface area contributed by atoms with E-state index in [1.54, 1.807) is 6.26 Å². The number of benzene rings is 1. The molecule has 0 aliphatic carbocycles. The number of aliphatic hydroxyl groups excluding tert-OH is 1. The van der Waals surface area contributed by atoms with Crippen molar-refractivity contribution in [2.75, 3.05) is 26.3 Å². The lowest BCUT2D eigenvalue weighted by molar-refractivity contribution is 0.000576. The molecular formula is C18H24N2O3. The summed E-state index contributed by atoms with van der Waals surface area (Å²) in [7, 11) is 0. The summed E-state index contributed by atoms with van der Waals surface area (Å²) in [5.74, 6) is 0.683. The van der Waals surface area contributed by atoms with Crippen molar-refractivity contribution in [1.82, 2.24) is 9.88 Å². The van der Waals surface area contributed by atoms with Gasteiger partial charge >= 0.3 is 0 Å². The summed E-state index contributed by atoms with van der Waals surface area (Å²) in [6.07, 6.45) is 4.88. The monoisotopic (exact) mass is 316 g/mol. The molecule has 1 aliphatic heterocycles. The second-order valence-corrected chi connectivity index (χ2v) is 5.93. The Balaban J connectivity index is 1.47. The van der Waals surface area contributed by atoms with Gasteiger partial charge in [0.2, 0.25) is 5.89 Å². The lowest BCUT2D eigenvalue weighted by Gasteiger charge is -2.31. The van der Waals surface area contributed by atoms with E-state index in [0.717, 1.165) is 50.2 Å². The molecule has 0 unspecified atom stereocenters. The number of aliphatic hydroxyl groups is 1. The van der Waals surface area contributed by atoms with Crippen LogP contribution in [0.5, 0.6) is 0 Å². The third-order valence-electron chi connectivity index (χ3n) is 4.15. The smallest absolute Gasteiger partial charge is 0.226 e. The molecule has 5 nitrogen and oxygen atoms in total. The Morgan fingerprint density at radius 3 is 2.74 bits per heavy atom. The molecule has 0 saturated carbocycles. The molecule has 1 fully saturated rings. The van der Waals surface area contributed by atoms with E-state index in [9.17, 15) is 0 Å². The van der Waals surface area contributed by atoms with Crippen LogP contribution in [0.4, 0.5) is 0 Å². The largest absolute Gasteiger partial charge is 0.444 e. The van der Waals surface area contributed by atoms with Gasteiger partial charge in [0.05, 0.1) is 11.8 Å². The highest BCUT2D eigenvalue weighted by atomic mass is 16.5. The van der Waals surface area contributed by atoms with Crippen LogP contribution in [0.1, 0.15) is 25.0 Å². The molecule has 0 radical (unpaired) electrons. The first-order valence-electron chi connectivity index (χ1n) is 8.30. The molecular weight excluding hydrogens is 292 g/mol. The molecule has 5 heteroatoms. The number of oxazole rings is 1. The van der Waals surface area contributed by atoms with Crippen molar-refractivity contribution in [3.8, 4) is 11.5 Å². The van der Waals surface area contributed by atoms with Crippen LogP contribution >= 0.6 is 0 Å². The van der Waals surface area contributed by atoms with Crippen molar-refractivity contribution in [3.63, 3.8) is 0 Å². The van der Waals surface area contributed by atoms with Crippen molar-refractivity contribution in [2.24, 2.45) is 0 Å². The fraction of sp³-hybridized carbons (Fsp3) is 0.500. The van der Waals surface area contributed by atoms with Gasteiger partial charge in [-0.3, -0.25) is 4.90 Å². The first-order chi connectivity index (χ1) is 11.3. The maximum absolute atomic E-state index is 8.78. The molecule has 2 aromatic rings. The zero-order valence-corrected chi connectivity index (χ0v) is 13.4. The number of hydrogen-bond acceptors (Lipinski definition) is 5. The van der Waals surface area contributed by atoms with Crippen LogP contribution in [-0.4, -0.2) is 47.4 Å². The number of likely N-dealkylation sites (tertiary alicyclic amines) is 1. The topological polar surface area (TPSA) is 58.7 Å². The summed E-state index contributed by atoms with van der Waals surface area (Å²) in [4.78, 5) is 6.97. The highest BCUT2D eigenvalue weighted by Crippen LogP contribution is 2.20. The van der Waals surface area contributed by atoms with Crippen LogP contribution in [0.3, 0.4) is 0 Å². The van der Waals surface area contributed by atoms with Crippen LogP contribution in [0, 0.1) is 0 Å². The number of rotatable bonds is 7. The zero-order valence-electron chi connectivity index (χ0n) is 13.4. The zero-order chi connectivity index (χ0) is 15.9. The van der Waals surface area contributed by atoms with Crippen molar-refractivity contribution in [3.05, 3.63) is 42.3 Å². The summed E-state index contributed by atoms with van der Waals surface area (Å²) in [6, 6.07) is 9.97. The Morgan fingerprint density at radius 1 is 1.22 bits per heavy atom. The maximum Gasteiger partial charge on any atom is 0.226 e. The van der Waals surface area contributed by atoms with Gasteiger partial charge < -0.3 is 14.3 Å². The number of ether oxygens (including phenoxy) is 1. The summed E-state index contributed by atoms with van der Waals surface area (Å²) in [5, 5.41) is 8.78. The van der Waals surface area contributed by atoms with Gasteiger partial charge in [-0.25, -0.2) is 4.98 Å². The molecule has 1 N–H and O–H groups in total. The minimum Gasteiger partial charge on any atom is -0.444 e. The van der Waals surface area contributed by atoms with Crippen LogP contribution < -0.4 is 0 Å². The van der Waals surface area contributed by atoms with Crippen LogP contribution in [0.15, 0.2) is 41.0 Å². The Morgan fingerprint density at radius 2 is 2.00 bits per heavy atom. The Labute approximate surface area is 136 Å². The van der Waals surface area contributed by atoms with E-state index in [1.165, 1.54) is 0 Å². The van der Waals surface area contributed by atoms with Crippen LogP contribution in [0.25, 0.3) is 11.5 Å². The molecule has 1 aromatic heterocycles. The molecule has 1 aliphatic rings. The summed E-state index contributed by atoms with van der Waals surface area (Å²) in [6.45, 7) is 3.70. The summed E-state index contributed by atoms with van der Waals surface area (Å²) >= 11 is 0. The van der Waals surface area contributed by atoms with Gasteiger partial charge in [-0.1, -0.05) is 18.2 Å². The first kappa shape index (κ1) is 16.2. The Hall–Kier alpha value is -1.69. The molecule has 1 aromatic carbocycles. The Bertz CT molecular complexity index is 577. The maximum atomic E-state index is 8.78. The number of hydrogen-bond donors (Lipinski definition) is 1. The number of aromatic nitrogens is 1. The summed E-state index contributed by atoms with van der Waals surface area (Å²) in [5.41, 5.74) is 1.98. The standard InChI is InChI=1S/C18H24N2O3/c21-11-4-12-22-17-7-9-20(10-8-17)13-16-14-23-18(19-16)15-5-2-1-3-6-15/h1-3,5-6,14,17,21H,4,7-13H2. The number of piperidine rings is 1. The van der Waals surface area contributed by atoms with Gasteiger partial charge in [0.25, 0.3) is 0 Å². The quantitative estimate of drug-likeness (QED) is 0.796. The molecule has 0 bridgehead atoms. The molecule has 0 spiro atoms. The van der Waals surface area contributed by atoms with Crippen LogP contribution in [0.2, 0.25) is 0 Å². The predicted octanol–water partition coefficient (Wildman–Crippen LogP) is 2.71. The van der Waals surface area contributed by atoms with E-state index in [2.05, 4.69) is 9.88 Å². The van der Waals surface area contributed by atoms with Crippen LogP contribution in [-0.2, 0) is 11.3 Å². The Kier molecular flexibility index (Phi) is 5.80. The second-order valence-electron chi connectivity index (χ2n) is 5.93. The normalized spacial score (nSPS) is 16.7. The molecule has 23 heavy (non-hydrogen) atoms. The number of nitrogens with zero attached hydrogens (tertiary/aromatic N) is 2. The van der Waals surface area contributed by atoms with Gasteiger partial charge in [-0.05, 0) is 31.4 Å². The van der Waals surface area contributed by atoms with Gasteiger partial charge in [-0.15, -0.1) is 0 Å². The fourth-order valence-electron chi connectivity index (χ4n) is 2.87. The first-order valence-corrected chi connectivity index (χ1v) is 8.30. The molecule has 0 amide bonds. The average molecular weight is 316 g/mol. The minimum absolute atomic E-state index is 0.203. The molecule has 124 valence electrons. The lowest BCUT2D eigenvalue weighted by atomic mass is 10.1. The van der Waals surface area contributed by atoms with E-state index < -0.39 is 0 Å². The van der Waals surface area contributed by atoms with E-state index >= 15 is 0 Å². The highest BCUT2D eigenvalue weighted by Gasteiger charge is 2.20. The third kappa shape index (κ3) is 4.64. The van der Waals surface area contributed by atoms with E-state index in [0.29, 0.717) is 18.6 Å². The van der Waals surface area contributed by atoms with E-state index in [1.807, 2.05) is 30.3 Å². The second kappa shape index (κ2) is 8.24. The molecule has 0 atom stereocenters. The van der Waals surface area contributed by atoms with Gasteiger partial charge in [0.15, 0.2) is 0 Å². The molecule has 3 rings (SSSR count). The minimum atomic E-state index is 0.203. The van der Waals surface area contributed by atoms with Gasteiger partial charge in [-0.2, -0.15) is 0 Å². The predicted molar refractivity (Wildman–Crippen MR) is 87.9 cm³/mol. The van der Waals surface area contributed by atoms with Crippen molar-refractivity contribution in [2.45, 2.75) is 31.9 Å². The third-order valence-corrected chi connectivity index (χ3v) is 4.15. The average Bonchev–Trinajstić information content (AvgIpc) is 3.06. The van der Waals surface area contributed by atoms with E-state index in [4.69, 9.17) is 14.3 Å². The van der Waals surface area contributed by atoms with Gasteiger partial charge in [0, 0.05) is 38.4 Å². The van der Waals surface area contributed by atoms with Crippen molar-refractivity contribution >= 4 is 0 Å². The highest BCUT2D eigenvalue weighted by molar-refractivity contribution is 5.52. The van der Waals surface area contributed by atoms with Gasteiger partial charge in [0.1, 0.15) is 6.26 Å². The fourth-order valence-corrected chi connectivity index (χ4v) is 2.87. The van der Waals surface area contributed by atoms with E-state index in [-0.39, 0.29) is 6.61 Å². The van der Waals surface area contributed by atoms with Crippen molar-refractivity contribution in [1.29, 1.82) is 0 Å². The summed E-state index contributed by atoms with van der Waals surface area (Å²) < 4.78 is 11.4. The SMILES string of the molecule is OCCCOC1CCN(Cc2coc(-c3ccccc3)n2)CC1.